The van der Waals surface area contributed by atoms with Gasteiger partial charge in [-0.3, -0.25) is 0 Å². The lowest BCUT2D eigenvalue weighted by atomic mass is 9.73. The van der Waals surface area contributed by atoms with Crippen LogP contribution in [-0.4, -0.2) is 18.1 Å². The molecule has 0 radical (unpaired) electrons. The topological polar surface area (TPSA) is 46.3 Å². The van der Waals surface area contributed by atoms with E-state index in [2.05, 4.69) is 31.7 Å². The first-order valence-electron chi connectivity index (χ1n) is 10.7. The maximum absolute atomic E-state index is 13.1. The first-order valence-corrected chi connectivity index (χ1v) is 11.5. The SMILES string of the molecule is CC1CCN2CCC(C)(C)c3c2c1cc1cc(-c2nc4ccccc4s2)c(=O)oc31. The number of benzene rings is 2. The summed E-state index contributed by atoms with van der Waals surface area (Å²) in [6.45, 7) is 9.02. The molecular formula is C25H24N2O2S. The Balaban J connectivity index is 1.66. The Kier molecular flexibility index (Phi) is 3.73. The van der Waals surface area contributed by atoms with Crippen LogP contribution in [-0.2, 0) is 5.41 Å². The average molecular weight is 417 g/mol. The Morgan fingerprint density at radius 2 is 2.03 bits per heavy atom. The van der Waals surface area contributed by atoms with Crippen LogP contribution in [0.2, 0.25) is 0 Å². The lowest BCUT2D eigenvalue weighted by molar-refractivity contribution is 0.431. The van der Waals surface area contributed by atoms with Crippen LogP contribution < -0.4 is 10.5 Å². The summed E-state index contributed by atoms with van der Waals surface area (Å²) in [4.78, 5) is 20.3. The van der Waals surface area contributed by atoms with Gasteiger partial charge in [0.25, 0.3) is 0 Å². The first-order chi connectivity index (χ1) is 14.4. The molecule has 0 aliphatic carbocycles. The molecule has 4 nitrogen and oxygen atoms in total. The van der Waals surface area contributed by atoms with Gasteiger partial charge in [-0.15, -0.1) is 11.3 Å². The Labute approximate surface area is 179 Å². The van der Waals surface area contributed by atoms with E-state index >= 15 is 0 Å². The fourth-order valence-electron chi connectivity index (χ4n) is 5.14. The van der Waals surface area contributed by atoms with Gasteiger partial charge in [-0.1, -0.05) is 32.9 Å². The fraction of sp³-hybridized carbons (Fsp3) is 0.360. The third kappa shape index (κ3) is 2.51. The van der Waals surface area contributed by atoms with Crippen molar-refractivity contribution >= 4 is 38.2 Å². The molecule has 2 aliphatic rings. The molecule has 0 amide bonds. The fourth-order valence-corrected chi connectivity index (χ4v) is 6.11. The summed E-state index contributed by atoms with van der Waals surface area (Å²) in [5.74, 6) is 0.506. The zero-order chi connectivity index (χ0) is 20.6. The Bertz CT molecular complexity index is 1350. The van der Waals surface area contributed by atoms with Crippen molar-refractivity contribution in [2.24, 2.45) is 0 Å². The normalized spacial score (nSPS) is 20.0. The number of hydrogen-bond acceptors (Lipinski definition) is 5. The van der Waals surface area contributed by atoms with Crippen molar-refractivity contribution in [2.45, 2.75) is 44.9 Å². The maximum Gasteiger partial charge on any atom is 0.346 e. The highest BCUT2D eigenvalue weighted by Crippen LogP contribution is 2.50. The molecular weight excluding hydrogens is 392 g/mol. The molecule has 4 heterocycles. The molecule has 0 bridgehead atoms. The second kappa shape index (κ2) is 6.17. The number of para-hydroxylation sites is 1. The predicted molar refractivity (Wildman–Crippen MR) is 124 cm³/mol. The summed E-state index contributed by atoms with van der Waals surface area (Å²) in [6, 6.07) is 12.3. The largest absolute Gasteiger partial charge is 0.422 e. The quantitative estimate of drug-likeness (QED) is 0.354. The van der Waals surface area contributed by atoms with E-state index in [9.17, 15) is 4.79 Å². The average Bonchev–Trinajstić information content (AvgIpc) is 3.15. The minimum absolute atomic E-state index is 0.0233. The van der Waals surface area contributed by atoms with Crippen molar-refractivity contribution in [2.75, 3.05) is 18.0 Å². The summed E-state index contributed by atoms with van der Waals surface area (Å²) in [6.07, 6.45) is 2.23. The van der Waals surface area contributed by atoms with Crippen LogP contribution in [0.3, 0.4) is 0 Å². The summed E-state index contributed by atoms with van der Waals surface area (Å²) in [5.41, 5.74) is 5.83. The molecule has 152 valence electrons. The molecule has 0 saturated heterocycles. The highest BCUT2D eigenvalue weighted by molar-refractivity contribution is 7.21. The van der Waals surface area contributed by atoms with Gasteiger partial charge >= 0.3 is 5.63 Å². The number of rotatable bonds is 1. The summed E-state index contributed by atoms with van der Waals surface area (Å²) >= 11 is 1.54. The molecule has 0 spiro atoms. The molecule has 0 fully saturated rings. The van der Waals surface area contributed by atoms with Crippen LogP contribution in [0.5, 0.6) is 0 Å². The number of anilines is 1. The van der Waals surface area contributed by atoms with Crippen molar-refractivity contribution in [3.63, 3.8) is 0 Å². The second-order valence-electron chi connectivity index (χ2n) is 9.35. The lowest BCUT2D eigenvalue weighted by Crippen LogP contribution is -2.41. The minimum atomic E-state index is -0.297. The number of hydrogen-bond donors (Lipinski definition) is 0. The molecule has 30 heavy (non-hydrogen) atoms. The van der Waals surface area contributed by atoms with E-state index in [4.69, 9.17) is 9.40 Å². The molecule has 5 heteroatoms. The van der Waals surface area contributed by atoms with Gasteiger partial charge in [0.05, 0.1) is 15.8 Å². The number of aromatic nitrogens is 1. The molecule has 2 aromatic heterocycles. The van der Waals surface area contributed by atoms with Crippen molar-refractivity contribution in [3.8, 4) is 10.6 Å². The van der Waals surface area contributed by atoms with Gasteiger partial charge in [0.2, 0.25) is 0 Å². The Hall–Kier alpha value is -2.66. The van der Waals surface area contributed by atoms with Gasteiger partial charge < -0.3 is 9.32 Å². The summed E-state index contributed by atoms with van der Waals surface area (Å²) in [7, 11) is 0. The molecule has 6 rings (SSSR count). The van der Waals surface area contributed by atoms with Crippen LogP contribution in [0.1, 0.15) is 50.7 Å². The Morgan fingerprint density at radius 3 is 2.87 bits per heavy atom. The van der Waals surface area contributed by atoms with Crippen molar-refractivity contribution < 1.29 is 4.42 Å². The van der Waals surface area contributed by atoms with Crippen molar-refractivity contribution in [1.82, 2.24) is 4.98 Å². The highest BCUT2D eigenvalue weighted by Gasteiger charge is 2.38. The third-order valence-electron chi connectivity index (χ3n) is 6.91. The van der Waals surface area contributed by atoms with Gasteiger partial charge in [-0.05, 0) is 54.0 Å². The van der Waals surface area contributed by atoms with Crippen LogP contribution >= 0.6 is 11.3 Å². The smallest absolute Gasteiger partial charge is 0.346 e. The molecule has 2 aromatic carbocycles. The standard InChI is InChI=1S/C25H24N2O2S/c1-14-8-10-27-11-9-25(2,3)20-21(27)16(14)12-15-13-17(24(28)29-22(15)20)23-26-18-6-4-5-7-19(18)30-23/h4-7,12-14H,8-11H2,1-3H3. The molecule has 0 N–H and O–H groups in total. The van der Waals surface area contributed by atoms with Crippen LogP contribution in [0.25, 0.3) is 31.8 Å². The van der Waals surface area contributed by atoms with E-state index in [1.165, 1.54) is 23.2 Å². The van der Waals surface area contributed by atoms with Gasteiger partial charge in [-0.25, -0.2) is 9.78 Å². The predicted octanol–water partition coefficient (Wildman–Crippen LogP) is 6.06. The zero-order valence-corrected chi connectivity index (χ0v) is 18.3. The summed E-state index contributed by atoms with van der Waals surface area (Å²) in [5, 5.41) is 1.74. The van der Waals surface area contributed by atoms with E-state index < -0.39 is 0 Å². The molecule has 4 aromatic rings. The molecule has 1 unspecified atom stereocenters. The van der Waals surface area contributed by atoms with E-state index in [0.29, 0.717) is 11.5 Å². The lowest BCUT2D eigenvalue weighted by Gasteiger charge is -2.45. The van der Waals surface area contributed by atoms with Gasteiger partial charge in [0, 0.05) is 29.7 Å². The van der Waals surface area contributed by atoms with E-state index in [-0.39, 0.29) is 11.0 Å². The Morgan fingerprint density at radius 1 is 1.20 bits per heavy atom. The molecule has 0 saturated carbocycles. The van der Waals surface area contributed by atoms with Crippen LogP contribution in [0.4, 0.5) is 5.69 Å². The number of thiazole rings is 1. The third-order valence-corrected chi connectivity index (χ3v) is 7.98. The highest BCUT2D eigenvalue weighted by atomic mass is 32.1. The summed E-state index contributed by atoms with van der Waals surface area (Å²) < 4.78 is 7.15. The molecule has 2 aliphatic heterocycles. The first kappa shape index (κ1) is 18.1. The maximum atomic E-state index is 13.1. The van der Waals surface area contributed by atoms with Crippen molar-refractivity contribution in [1.29, 1.82) is 0 Å². The van der Waals surface area contributed by atoms with E-state index in [1.54, 1.807) is 11.3 Å². The monoisotopic (exact) mass is 416 g/mol. The van der Waals surface area contributed by atoms with Gasteiger partial charge in [-0.2, -0.15) is 0 Å². The number of nitrogens with zero attached hydrogens (tertiary/aromatic N) is 2. The second-order valence-corrected chi connectivity index (χ2v) is 10.4. The van der Waals surface area contributed by atoms with E-state index in [0.717, 1.165) is 45.7 Å². The number of fused-ring (bicyclic) bond motifs is 3. The van der Waals surface area contributed by atoms with E-state index in [1.807, 2.05) is 30.3 Å². The van der Waals surface area contributed by atoms with Crippen LogP contribution in [0.15, 0.2) is 45.6 Å². The molecule has 1 atom stereocenters. The van der Waals surface area contributed by atoms with Gasteiger partial charge in [0.15, 0.2) is 0 Å². The zero-order valence-electron chi connectivity index (χ0n) is 17.5. The van der Waals surface area contributed by atoms with Gasteiger partial charge in [0.1, 0.15) is 10.6 Å². The minimum Gasteiger partial charge on any atom is -0.422 e. The van der Waals surface area contributed by atoms with Crippen LogP contribution in [0, 0.1) is 0 Å². The van der Waals surface area contributed by atoms with Crippen molar-refractivity contribution in [3.05, 3.63) is 57.9 Å².